The van der Waals surface area contributed by atoms with Crippen molar-refractivity contribution in [1.82, 2.24) is 0 Å². The van der Waals surface area contributed by atoms with Gasteiger partial charge >= 0.3 is 0 Å². The van der Waals surface area contributed by atoms with Crippen molar-refractivity contribution >= 4 is 0 Å². The van der Waals surface area contributed by atoms with Crippen LogP contribution in [0.1, 0.15) is 94.2 Å². The van der Waals surface area contributed by atoms with E-state index in [2.05, 4.69) is 62.1 Å². The fourth-order valence-corrected chi connectivity index (χ4v) is 4.46. The van der Waals surface area contributed by atoms with E-state index in [9.17, 15) is 0 Å². The van der Waals surface area contributed by atoms with Gasteiger partial charge < -0.3 is 4.74 Å². The van der Waals surface area contributed by atoms with E-state index < -0.39 is 0 Å². The first-order valence-corrected chi connectivity index (χ1v) is 12.8. The quantitative estimate of drug-likeness (QED) is 0.272. The van der Waals surface area contributed by atoms with Crippen LogP contribution in [0.3, 0.4) is 0 Å². The largest absolute Gasteiger partial charge is 0.494 e. The Morgan fingerprint density at radius 3 is 2.25 bits per heavy atom. The van der Waals surface area contributed by atoms with E-state index in [1.165, 1.54) is 62.5 Å². The maximum Gasteiger partial charge on any atom is 0.119 e. The van der Waals surface area contributed by atoms with Crippen LogP contribution in [0.2, 0.25) is 0 Å². The summed E-state index contributed by atoms with van der Waals surface area (Å²) in [6, 6.07) is 17.6. The third-order valence-electron chi connectivity index (χ3n) is 6.58. The molecule has 1 aliphatic carbocycles. The Morgan fingerprint density at radius 2 is 1.56 bits per heavy atom. The summed E-state index contributed by atoms with van der Waals surface area (Å²) in [5.74, 6) is 8.80. The van der Waals surface area contributed by atoms with Crippen LogP contribution in [0.15, 0.2) is 60.7 Å². The van der Waals surface area contributed by atoms with Gasteiger partial charge in [-0.3, -0.25) is 0 Å². The van der Waals surface area contributed by atoms with Crippen molar-refractivity contribution in [3.63, 3.8) is 0 Å². The first kappa shape index (κ1) is 24.2. The second kappa shape index (κ2) is 13.8. The van der Waals surface area contributed by atoms with Gasteiger partial charge in [0.25, 0.3) is 0 Å². The first-order valence-electron chi connectivity index (χ1n) is 12.8. The molecule has 1 saturated carbocycles. The summed E-state index contributed by atoms with van der Waals surface area (Å²) >= 11 is 0. The molecule has 0 amide bonds. The van der Waals surface area contributed by atoms with E-state index >= 15 is 0 Å². The normalized spacial score (nSPS) is 18.3. The molecule has 1 nitrogen and oxygen atoms in total. The van der Waals surface area contributed by atoms with Gasteiger partial charge in [0.05, 0.1) is 6.61 Å². The summed E-state index contributed by atoms with van der Waals surface area (Å²) in [6.45, 7) is 5.23. The van der Waals surface area contributed by atoms with E-state index in [0.717, 1.165) is 36.7 Å². The summed E-state index contributed by atoms with van der Waals surface area (Å²) < 4.78 is 5.71. The number of aryl methyl sites for hydroxylation is 1. The maximum absolute atomic E-state index is 5.71. The fourth-order valence-electron chi connectivity index (χ4n) is 4.46. The number of allylic oxidation sites excluding steroid dienone is 2. The lowest BCUT2D eigenvalue weighted by Crippen LogP contribution is -2.11. The molecule has 0 spiro atoms. The molecule has 3 rings (SSSR count). The summed E-state index contributed by atoms with van der Waals surface area (Å²) in [7, 11) is 0. The van der Waals surface area contributed by atoms with Crippen LogP contribution < -0.4 is 4.74 Å². The average Bonchev–Trinajstić information content (AvgIpc) is 2.84. The molecule has 1 aliphatic rings. The van der Waals surface area contributed by atoms with Crippen LogP contribution in [0, 0.1) is 17.8 Å². The van der Waals surface area contributed by atoms with Crippen LogP contribution in [-0.2, 0) is 6.42 Å². The number of hydrogen-bond acceptors (Lipinski definition) is 1. The van der Waals surface area contributed by atoms with Crippen molar-refractivity contribution in [1.29, 1.82) is 0 Å². The average molecular weight is 429 g/mol. The minimum Gasteiger partial charge on any atom is -0.494 e. The molecule has 0 radical (unpaired) electrons. The Morgan fingerprint density at radius 1 is 0.844 bits per heavy atom. The highest BCUT2D eigenvalue weighted by Crippen LogP contribution is 2.36. The van der Waals surface area contributed by atoms with Gasteiger partial charge in [-0.05, 0) is 98.2 Å². The van der Waals surface area contributed by atoms with Gasteiger partial charge in [-0.25, -0.2) is 0 Å². The summed E-state index contributed by atoms with van der Waals surface area (Å²) in [6.07, 6.45) is 16.9. The Labute approximate surface area is 196 Å². The number of hydrogen-bond donors (Lipinski definition) is 0. The second-order valence-corrected chi connectivity index (χ2v) is 9.17. The fraction of sp³-hybridized carbons (Fsp3) is 0.484. The Balaban J connectivity index is 1.40. The number of ether oxygens (including phenoxy) is 1. The van der Waals surface area contributed by atoms with Gasteiger partial charge in [0, 0.05) is 5.56 Å². The van der Waals surface area contributed by atoms with Crippen LogP contribution >= 0.6 is 0 Å². The lowest BCUT2D eigenvalue weighted by molar-refractivity contribution is 0.309. The Kier molecular flexibility index (Phi) is 10.5. The molecule has 0 N–H and O–H groups in total. The summed E-state index contributed by atoms with van der Waals surface area (Å²) in [4.78, 5) is 0. The molecule has 0 unspecified atom stereocenters. The highest BCUT2D eigenvalue weighted by Gasteiger charge is 2.20. The van der Waals surface area contributed by atoms with Crippen molar-refractivity contribution in [2.45, 2.75) is 84.0 Å². The summed E-state index contributed by atoms with van der Waals surface area (Å²) in [5, 5.41) is 0. The zero-order valence-electron chi connectivity index (χ0n) is 20.1. The van der Waals surface area contributed by atoms with Crippen LogP contribution in [0.4, 0.5) is 0 Å². The van der Waals surface area contributed by atoms with E-state index in [4.69, 9.17) is 4.74 Å². The zero-order chi connectivity index (χ0) is 22.4. The minimum absolute atomic E-state index is 0.670. The number of unbranched alkanes of at least 4 members (excludes halogenated alkanes) is 3. The molecule has 0 bridgehead atoms. The first-order chi connectivity index (χ1) is 15.8. The highest BCUT2D eigenvalue weighted by molar-refractivity contribution is 5.40. The van der Waals surface area contributed by atoms with Crippen molar-refractivity contribution in [2.75, 3.05) is 6.61 Å². The van der Waals surface area contributed by atoms with Gasteiger partial charge in [0.2, 0.25) is 0 Å². The van der Waals surface area contributed by atoms with Gasteiger partial charge in [-0.2, -0.15) is 0 Å². The number of rotatable bonds is 10. The predicted molar refractivity (Wildman–Crippen MR) is 137 cm³/mol. The molecule has 32 heavy (non-hydrogen) atoms. The third kappa shape index (κ3) is 8.23. The molecule has 0 aliphatic heterocycles. The lowest BCUT2D eigenvalue weighted by atomic mass is 9.78. The molecular weight excluding hydrogens is 388 g/mol. The molecule has 0 atom stereocenters. The maximum atomic E-state index is 5.71. The van der Waals surface area contributed by atoms with E-state index in [0.29, 0.717) is 5.92 Å². The van der Waals surface area contributed by atoms with Gasteiger partial charge in [0.15, 0.2) is 0 Å². The Hall–Kier alpha value is -2.46. The standard InChI is InChI=1S/C31H40O/c1-3-5-7-10-26-13-19-29(20-14-26)30-21-15-27(16-22-30)11-8-9-12-28-17-23-31(24-18-28)32-25-6-4-2/h8,11,13-14,17-20,23-24,27,30H,3-7,10,15-16,21-22,25H2,1-2H3/b11-8+/t27-,30-. The van der Waals surface area contributed by atoms with Crippen molar-refractivity contribution in [3.8, 4) is 17.6 Å². The van der Waals surface area contributed by atoms with Gasteiger partial charge in [-0.1, -0.05) is 75.3 Å². The van der Waals surface area contributed by atoms with E-state index in [-0.39, 0.29) is 0 Å². The van der Waals surface area contributed by atoms with Crippen molar-refractivity contribution in [3.05, 3.63) is 77.4 Å². The second-order valence-electron chi connectivity index (χ2n) is 9.17. The highest BCUT2D eigenvalue weighted by atomic mass is 16.5. The minimum atomic E-state index is 0.670. The number of benzene rings is 2. The van der Waals surface area contributed by atoms with E-state index in [1.807, 2.05) is 24.3 Å². The zero-order valence-corrected chi connectivity index (χ0v) is 20.1. The van der Waals surface area contributed by atoms with Gasteiger partial charge in [-0.15, -0.1) is 0 Å². The third-order valence-corrected chi connectivity index (χ3v) is 6.58. The van der Waals surface area contributed by atoms with Crippen molar-refractivity contribution < 1.29 is 4.74 Å². The molecule has 1 fully saturated rings. The molecule has 0 heterocycles. The SMILES string of the molecule is CCCCCc1ccc([C@H]2CC[C@H](/C=C/C#Cc3ccc(OCCCC)cc3)CC2)cc1. The smallest absolute Gasteiger partial charge is 0.119 e. The topological polar surface area (TPSA) is 9.23 Å². The summed E-state index contributed by atoms with van der Waals surface area (Å²) in [5.41, 5.74) is 4.07. The molecule has 170 valence electrons. The Bertz CT molecular complexity index is 855. The van der Waals surface area contributed by atoms with Crippen LogP contribution in [0.25, 0.3) is 0 Å². The predicted octanol–water partition coefficient (Wildman–Crippen LogP) is 8.48. The molecule has 2 aromatic rings. The molecule has 0 aromatic heterocycles. The molecule has 0 saturated heterocycles. The lowest BCUT2D eigenvalue weighted by Gasteiger charge is -2.27. The van der Waals surface area contributed by atoms with Gasteiger partial charge in [0.1, 0.15) is 5.75 Å². The molecular formula is C31H40O. The van der Waals surface area contributed by atoms with E-state index in [1.54, 1.807) is 0 Å². The van der Waals surface area contributed by atoms with Crippen molar-refractivity contribution in [2.24, 2.45) is 5.92 Å². The molecule has 1 heteroatoms. The molecule has 2 aromatic carbocycles. The van der Waals surface area contributed by atoms with Crippen LogP contribution in [0.5, 0.6) is 5.75 Å². The monoisotopic (exact) mass is 428 g/mol. The van der Waals surface area contributed by atoms with Crippen LogP contribution in [-0.4, -0.2) is 6.61 Å².